The molecule has 154 valence electrons. The molecular weight excluding hydrogens is 379 g/mol. The summed E-state index contributed by atoms with van der Waals surface area (Å²) in [5, 5.41) is 11.7. The Morgan fingerprint density at radius 2 is 1.77 bits per heavy atom. The van der Waals surface area contributed by atoms with Gasteiger partial charge in [0, 0.05) is 36.7 Å². The number of hydrogen-bond donors (Lipinski definition) is 1. The lowest BCUT2D eigenvalue weighted by atomic mass is 9.95. The maximum atomic E-state index is 13.7. The van der Waals surface area contributed by atoms with E-state index in [4.69, 9.17) is 0 Å². The van der Waals surface area contributed by atoms with Crippen molar-refractivity contribution in [3.63, 3.8) is 0 Å². The van der Waals surface area contributed by atoms with Crippen molar-refractivity contribution in [2.75, 3.05) is 18.0 Å². The van der Waals surface area contributed by atoms with E-state index in [2.05, 4.69) is 33.4 Å². The van der Waals surface area contributed by atoms with Gasteiger partial charge in [0.15, 0.2) is 5.82 Å². The molecule has 1 saturated heterocycles. The highest BCUT2D eigenvalue weighted by atomic mass is 19.1. The molecule has 0 saturated carbocycles. The summed E-state index contributed by atoms with van der Waals surface area (Å²) in [5.41, 5.74) is 3.62. The fraction of sp³-hybridized carbons (Fsp3) is 0.292. The topological polar surface area (TPSA) is 58.1 Å². The van der Waals surface area contributed by atoms with Gasteiger partial charge in [-0.15, -0.1) is 10.2 Å². The molecule has 1 aliphatic rings. The normalized spacial score (nSPS) is 14.5. The molecule has 0 atom stereocenters. The second-order valence-electron chi connectivity index (χ2n) is 7.66. The van der Waals surface area contributed by atoms with E-state index in [0.29, 0.717) is 5.56 Å². The monoisotopic (exact) mass is 404 g/mol. The van der Waals surface area contributed by atoms with E-state index in [9.17, 15) is 9.18 Å². The number of aromatic nitrogens is 2. The van der Waals surface area contributed by atoms with Gasteiger partial charge in [0.25, 0.3) is 0 Å². The molecule has 1 aromatic heterocycles. The summed E-state index contributed by atoms with van der Waals surface area (Å²) in [5.74, 6) is 0.462. The van der Waals surface area contributed by atoms with Crippen molar-refractivity contribution < 1.29 is 9.18 Å². The number of carbonyl (C=O) groups is 1. The van der Waals surface area contributed by atoms with Gasteiger partial charge in [-0.25, -0.2) is 4.39 Å². The standard InChI is InChI=1S/C24H25FN4O/c1-17-6-2-4-8-20(17)22-10-11-23(28-27-22)29-14-12-18(13-15-29)24(30)26-16-19-7-3-5-9-21(19)25/h2-11,18H,12-16H2,1H3,(H,26,30). The molecule has 0 aliphatic carbocycles. The molecule has 5 nitrogen and oxygen atoms in total. The third-order valence-electron chi connectivity index (χ3n) is 5.67. The van der Waals surface area contributed by atoms with Crippen molar-refractivity contribution in [2.45, 2.75) is 26.3 Å². The van der Waals surface area contributed by atoms with Crippen LogP contribution in [-0.2, 0) is 11.3 Å². The zero-order chi connectivity index (χ0) is 20.9. The number of halogens is 1. The maximum Gasteiger partial charge on any atom is 0.223 e. The van der Waals surface area contributed by atoms with Gasteiger partial charge in [-0.3, -0.25) is 4.79 Å². The van der Waals surface area contributed by atoms with E-state index in [-0.39, 0.29) is 24.2 Å². The van der Waals surface area contributed by atoms with Crippen LogP contribution >= 0.6 is 0 Å². The van der Waals surface area contributed by atoms with Crippen molar-refractivity contribution in [1.29, 1.82) is 0 Å². The van der Waals surface area contributed by atoms with Crippen LogP contribution in [0.4, 0.5) is 10.2 Å². The molecule has 1 N–H and O–H groups in total. The van der Waals surface area contributed by atoms with Gasteiger partial charge in [0.1, 0.15) is 5.82 Å². The van der Waals surface area contributed by atoms with E-state index in [1.54, 1.807) is 18.2 Å². The van der Waals surface area contributed by atoms with Crippen molar-refractivity contribution in [1.82, 2.24) is 15.5 Å². The number of nitrogens with one attached hydrogen (secondary N) is 1. The molecule has 0 radical (unpaired) electrons. The predicted molar refractivity (Wildman–Crippen MR) is 115 cm³/mol. The predicted octanol–water partition coefficient (Wildman–Crippen LogP) is 4.12. The Hall–Kier alpha value is -3.28. The minimum Gasteiger partial charge on any atom is -0.355 e. The van der Waals surface area contributed by atoms with Crippen LogP contribution in [-0.4, -0.2) is 29.2 Å². The summed E-state index contributed by atoms with van der Waals surface area (Å²) in [6.07, 6.45) is 1.48. The molecule has 1 aliphatic heterocycles. The quantitative estimate of drug-likeness (QED) is 0.695. The average Bonchev–Trinajstić information content (AvgIpc) is 2.79. The summed E-state index contributed by atoms with van der Waals surface area (Å²) in [6.45, 7) is 3.77. The molecule has 2 aromatic carbocycles. The molecule has 0 spiro atoms. The van der Waals surface area contributed by atoms with Crippen LogP contribution in [0.3, 0.4) is 0 Å². The van der Waals surface area contributed by atoms with E-state index >= 15 is 0 Å². The molecule has 2 heterocycles. The highest BCUT2D eigenvalue weighted by Gasteiger charge is 2.25. The third kappa shape index (κ3) is 4.48. The number of hydrogen-bond acceptors (Lipinski definition) is 4. The summed E-state index contributed by atoms with van der Waals surface area (Å²) in [4.78, 5) is 14.6. The lowest BCUT2D eigenvalue weighted by molar-refractivity contribution is -0.125. The molecule has 3 aromatic rings. The lowest BCUT2D eigenvalue weighted by Gasteiger charge is -2.31. The summed E-state index contributed by atoms with van der Waals surface area (Å²) >= 11 is 0. The fourth-order valence-corrected chi connectivity index (χ4v) is 3.84. The smallest absolute Gasteiger partial charge is 0.223 e. The first kappa shape index (κ1) is 20.0. The van der Waals surface area contributed by atoms with Crippen LogP contribution in [0, 0.1) is 18.7 Å². The van der Waals surface area contributed by atoms with Crippen LogP contribution < -0.4 is 10.2 Å². The lowest BCUT2D eigenvalue weighted by Crippen LogP contribution is -2.40. The van der Waals surface area contributed by atoms with Gasteiger partial charge in [0.2, 0.25) is 5.91 Å². The second kappa shape index (κ2) is 9.03. The number of aryl methyl sites for hydroxylation is 1. The van der Waals surface area contributed by atoms with Gasteiger partial charge in [-0.05, 0) is 43.5 Å². The number of anilines is 1. The molecule has 0 bridgehead atoms. The first-order chi connectivity index (χ1) is 14.6. The zero-order valence-electron chi connectivity index (χ0n) is 17.0. The Labute approximate surface area is 176 Å². The van der Waals surface area contributed by atoms with Crippen LogP contribution in [0.1, 0.15) is 24.0 Å². The van der Waals surface area contributed by atoms with Crippen LogP contribution in [0.2, 0.25) is 0 Å². The molecule has 0 unspecified atom stereocenters. The van der Waals surface area contributed by atoms with Gasteiger partial charge < -0.3 is 10.2 Å². The van der Waals surface area contributed by atoms with Crippen LogP contribution in [0.15, 0.2) is 60.7 Å². The first-order valence-electron chi connectivity index (χ1n) is 10.3. The zero-order valence-corrected chi connectivity index (χ0v) is 17.0. The van der Waals surface area contributed by atoms with Gasteiger partial charge >= 0.3 is 0 Å². The van der Waals surface area contributed by atoms with Gasteiger partial charge in [-0.1, -0.05) is 42.5 Å². The van der Waals surface area contributed by atoms with Crippen molar-refractivity contribution in [3.8, 4) is 11.3 Å². The minimum atomic E-state index is -0.291. The minimum absolute atomic E-state index is 0.0149. The van der Waals surface area contributed by atoms with Gasteiger partial charge in [-0.2, -0.15) is 0 Å². The maximum absolute atomic E-state index is 13.7. The van der Waals surface area contributed by atoms with Crippen molar-refractivity contribution in [2.24, 2.45) is 5.92 Å². The Morgan fingerprint density at radius 1 is 1.03 bits per heavy atom. The Balaban J connectivity index is 1.31. The number of carbonyl (C=O) groups excluding carboxylic acids is 1. The van der Waals surface area contributed by atoms with E-state index in [0.717, 1.165) is 43.0 Å². The highest BCUT2D eigenvalue weighted by molar-refractivity contribution is 5.79. The average molecular weight is 404 g/mol. The number of nitrogens with zero attached hydrogens (tertiary/aromatic N) is 3. The number of amides is 1. The van der Waals surface area contributed by atoms with E-state index in [1.165, 1.54) is 11.6 Å². The van der Waals surface area contributed by atoms with Crippen molar-refractivity contribution >= 4 is 11.7 Å². The fourth-order valence-electron chi connectivity index (χ4n) is 3.84. The number of rotatable bonds is 5. The molecule has 1 fully saturated rings. The molecule has 1 amide bonds. The Bertz CT molecular complexity index is 1010. The Kier molecular flexibility index (Phi) is 6.02. The largest absolute Gasteiger partial charge is 0.355 e. The SMILES string of the molecule is Cc1ccccc1-c1ccc(N2CCC(C(=O)NCc3ccccc3F)CC2)nn1. The van der Waals surface area contributed by atoms with Crippen LogP contribution in [0.25, 0.3) is 11.3 Å². The number of benzene rings is 2. The molecular formula is C24H25FN4O. The summed E-state index contributed by atoms with van der Waals surface area (Å²) in [6, 6.07) is 18.6. The third-order valence-corrected chi connectivity index (χ3v) is 5.67. The molecule has 6 heteroatoms. The van der Waals surface area contributed by atoms with E-state index in [1.807, 2.05) is 30.3 Å². The number of piperidine rings is 1. The first-order valence-corrected chi connectivity index (χ1v) is 10.3. The van der Waals surface area contributed by atoms with Gasteiger partial charge in [0.05, 0.1) is 5.69 Å². The molecule has 4 rings (SSSR count). The van der Waals surface area contributed by atoms with E-state index < -0.39 is 0 Å². The van der Waals surface area contributed by atoms with Crippen LogP contribution in [0.5, 0.6) is 0 Å². The van der Waals surface area contributed by atoms with Crippen molar-refractivity contribution in [3.05, 3.63) is 77.6 Å². The summed E-state index contributed by atoms with van der Waals surface area (Å²) < 4.78 is 13.7. The second-order valence-corrected chi connectivity index (χ2v) is 7.66. The Morgan fingerprint density at radius 3 is 2.47 bits per heavy atom. The molecule has 30 heavy (non-hydrogen) atoms. The summed E-state index contributed by atoms with van der Waals surface area (Å²) in [7, 11) is 0. The highest BCUT2D eigenvalue weighted by Crippen LogP contribution is 2.25.